The Morgan fingerprint density at radius 2 is 2.11 bits per heavy atom. The van der Waals surface area contributed by atoms with Crippen LogP contribution in [0.2, 0.25) is 0 Å². The number of hydrogen-bond donors (Lipinski definition) is 2. The molecule has 1 saturated heterocycles. The monoisotopic (exact) mass is 376 g/mol. The maximum atomic E-state index is 11.4. The third kappa shape index (κ3) is 2.49. The Kier molecular flexibility index (Phi) is 3.60. The van der Waals surface area contributed by atoms with Crippen molar-refractivity contribution in [1.82, 2.24) is 5.32 Å². The zero-order valence-electron chi connectivity index (χ0n) is 10.1. The largest absolute Gasteiger partial charge is 0.449 e. The summed E-state index contributed by atoms with van der Waals surface area (Å²) in [6.07, 6.45) is -0.408. The van der Waals surface area contributed by atoms with Gasteiger partial charge in [0.1, 0.15) is 6.61 Å². The summed E-state index contributed by atoms with van der Waals surface area (Å²) in [4.78, 5) is 11.4. The Labute approximate surface area is 123 Å². The number of alkyl carbamates (subject to hydrolysis) is 1. The number of cyclic esters (lactones) is 1. The van der Waals surface area contributed by atoms with Gasteiger partial charge in [-0.25, -0.2) is 4.79 Å². The van der Waals surface area contributed by atoms with Crippen molar-refractivity contribution >= 4 is 43.6 Å². The van der Waals surface area contributed by atoms with Crippen molar-refractivity contribution in [3.63, 3.8) is 0 Å². The van der Waals surface area contributed by atoms with Gasteiger partial charge in [-0.05, 0) is 28.1 Å². The maximum absolute atomic E-state index is 11.4. The molecule has 1 aromatic carbocycles. The zero-order chi connectivity index (χ0) is 13.5. The number of rotatable bonds is 1. The number of halogens is 2. The Balaban J connectivity index is 2.49. The lowest BCUT2D eigenvalue weighted by atomic mass is 9.80. The van der Waals surface area contributed by atoms with Crippen molar-refractivity contribution in [3.8, 4) is 0 Å². The number of ether oxygens (including phenoxy) is 1. The van der Waals surface area contributed by atoms with Crippen molar-refractivity contribution in [3.05, 3.63) is 26.6 Å². The minimum atomic E-state index is -0.408. The van der Waals surface area contributed by atoms with Gasteiger partial charge in [0.05, 0.1) is 11.7 Å². The van der Waals surface area contributed by atoms with Crippen molar-refractivity contribution in [2.45, 2.75) is 19.9 Å². The number of anilines is 1. The molecule has 0 unspecified atom stereocenters. The Bertz CT molecular complexity index is 503. The summed E-state index contributed by atoms with van der Waals surface area (Å²) >= 11 is 6.85. The minimum Gasteiger partial charge on any atom is -0.449 e. The summed E-state index contributed by atoms with van der Waals surface area (Å²) in [5.74, 6) is 0. The first-order valence-electron chi connectivity index (χ1n) is 5.49. The molecule has 0 radical (unpaired) electrons. The minimum absolute atomic E-state index is 0.174. The first kappa shape index (κ1) is 13.7. The predicted molar refractivity (Wildman–Crippen MR) is 77.3 cm³/mol. The molecule has 0 aliphatic carbocycles. The summed E-state index contributed by atoms with van der Waals surface area (Å²) in [6, 6.07) is 3.64. The van der Waals surface area contributed by atoms with Crippen molar-refractivity contribution in [1.29, 1.82) is 0 Å². The lowest BCUT2D eigenvalue weighted by Crippen LogP contribution is -2.47. The Hall–Kier alpha value is -0.750. The number of hydrogen-bond acceptors (Lipinski definition) is 3. The van der Waals surface area contributed by atoms with Crippen molar-refractivity contribution in [2.24, 2.45) is 5.41 Å². The molecule has 1 atom stereocenters. The summed E-state index contributed by atoms with van der Waals surface area (Å²) in [7, 11) is 0. The van der Waals surface area contributed by atoms with E-state index >= 15 is 0 Å². The highest BCUT2D eigenvalue weighted by molar-refractivity contribution is 9.11. The van der Waals surface area contributed by atoms with Gasteiger partial charge >= 0.3 is 6.09 Å². The van der Waals surface area contributed by atoms with E-state index in [4.69, 9.17) is 10.5 Å². The van der Waals surface area contributed by atoms with Crippen LogP contribution >= 0.6 is 31.9 Å². The third-order valence-electron chi connectivity index (χ3n) is 3.06. The van der Waals surface area contributed by atoms with Gasteiger partial charge in [0.25, 0.3) is 0 Å². The van der Waals surface area contributed by atoms with Crippen LogP contribution in [-0.4, -0.2) is 12.7 Å². The van der Waals surface area contributed by atoms with E-state index in [2.05, 4.69) is 37.2 Å². The van der Waals surface area contributed by atoms with Crippen LogP contribution in [0.3, 0.4) is 0 Å². The molecule has 0 bridgehead atoms. The quantitative estimate of drug-likeness (QED) is 0.735. The number of nitrogens with two attached hydrogens (primary N) is 1. The molecule has 1 fully saturated rings. The van der Waals surface area contributed by atoms with Gasteiger partial charge in [0.2, 0.25) is 0 Å². The van der Waals surface area contributed by atoms with E-state index in [1.807, 2.05) is 26.0 Å². The van der Waals surface area contributed by atoms with E-state index in [9.17, 15) is 4.79 Å². The molecule has 2 rings (SSSR count). The normalized spacial score (nSPS) is 22.2. The SMILES string of the molecule is CC1(C)COC(=O)N[C@H]1c1cc(Br)cc(Br)c1N. The van der Waals surface area contributed by atoms with Crippen LogP contribution in [0.5, 0.6) is 0 Å². The average Bonchev–Trinajstić information content (AvgIpc) is 2.27. The van der Waals surface area contributed by atoms with Crippen LogP contribution in [0.1, 0.15) is 25.5 Å². The summed E-state index contributed by atoms with van der Waals surface area (Å²) in [5, 5.41) is 2.84. The maximum Gasteiger partial charge on any atom is 0.407 e. The smallest absolute Gasteiger partial charge is 0.407 e. The van der Waals surface area contributed by atoms with Crippen LogP contribution in [0.15, 0.2) is 21.1 Å². The van der Waals surface area contributed by atoms with Gasteiger partial charge in [0, 0.05) is 19.9 Å². The first-order valence-corrected chi connectivity index (χ1v) is 7.07. The molecule has 0 saturated carbocycles. The highest BCUT2D eigenvalue weighted by Crippen LogP contribution is 2.41. The number of benzene rings is 1. The van der Waals surface area contributed by atoms with E-state index in [1.165, 1.54) is 0 Å². The highest BCUT2D eigenvalue weighted by atomic mass is 79.9. The summed E-state index contributed by atoms with van der Waals surface area (Å²) < 4.78 is 6.75. The molecule has 1 aromatic rings. The van der Waals surface area contributed by atoms with Gasteiger partial charge in [-0.1, -0.05) is 29.8 Å². The molecule has 0 spiro atoms. The molecule has 3 N–H and O–H groups in total. The fraction of sp³-hybridized carbons (Fsp3) is 0.417. The molecule has 0 aromatic heterocycles. The second-order valence-corrected chi connectivity index (χ2v) is 6.80. The Morgan fingerprint density at radius 1 is 1.44 bits per heavy atom. The van der Waals surface area contributed by atoms with Gasteiger partial charge in [-0.15, -0.1) is 0 Å². The molecular formula is C12H14Br2N2O2. The molecule has 6 heteroatoms. The van der Waals surface area contributed by atoms with E-state index in [1.54, 1.807) is 0 Å². The van der Waals surface area contributed by atoms with Crippen LogP contribution in [0.4, 0.5) is 10.5 Å². The molecule has 98 valence electrons. The number of amides is 1. The second kappa shape index (κ2) is 4.74. The molecule has 1 amide bonds. The zero-order valence-corrected chi connectivity index (χ0v) is 13.3. The molecule has 1 aliphatic rings. The second-order valence-electron chi connectivity index (χ2n) is 5.03. The third-order valence-corrected chi connectivity index (χ3v) is 4.17. The lowest BCUT2D eigenvalue weighted by molar-refractivity contribution is 0.0389. The molecular weight excluding hydrogens is 364 g/mol. The van der Waals surface area contributed by atoms with Crippen LogP contribution in [-0.2, 0) is 4.74 Å². The lowest BCUT2D eigenvalue weighted by Gasteiger charge is -2.39. The van der Waals surface area contributed by atoms with Crippen molar-refractivity contribution < 1.29 is 9.53 Å². The average molecular weight is 378 g/mol. The molecule has 4 nitrogen and oxygen atoms in total. The van der Waals surface area contributed by atoms with Crippen LogP contribution < -0.4 is 11.1 Å². The van der Waals surface area contributed by atoms with Gasteiger partial charge in [-0.2, -0.15) is 0 Å². The predicted octanol–water partition coefficient (Wildman–Crippen LogP) is 3.60. The number of carbonyl (C=O) groups excluding carboxylic acids is 1. The van der Waals surface area contributed by atoms with Crippen LogP contribution in [0.25, 0.3) is 0 Å². The number of carbonyl (C=O) groups is 1. The summed E-state index contributed by atoms with van der Waals surface area (Å²) in [6.45, 7) is 4.43. The van der Waals surface area contributed by atoms with E-state index in [0.717, 1.165) is 14.5 Å². The highest BCUT2D eigenvalue weighted by Gasteiger charge is 2.39. The summed E-state index contributed by atoms with van der Waals surface area (Å²) in [5.41, 5.74) is 7.39. The number of nitrogens with one attached hydrogen (secondary N) is 1. The van der Waals surface area contributed by atoms with Gasteiger partial charge < -0.3 is 15.8 Å². The van der Waals surface area contributed by atoms with E-state index in [0.29, 0.717) is 12.3 Å². The van der Waals surface area contributed by atoms with E-state index in [-0.39, 0.29) is 11.5 Å². The van der Waals surface area contributed by atoms with E-state index < -0.39 is 6.09 Å². The fourth-order valence-electron chi connectivity index (χ4n) is 2.03. The fourth-order valence-corrected chi connectivity index (χ4v) is 3.29. The number of nitrogen functional groups attached to an aromatic ring is 1. The molecule has 18 heavy (non-hydrogen) atoms. The van der Waals surface area contributed by atoms with Gasteiger partial charge in [-0.3, -0.25) is 0 Å². The standard InChI is InChI=1S/C12H14Br2N2O2/c1-12(2)5-18-11(17)16-10(12)7-3-6(13)4-8(14)9(7)15/h3-4,10H,5,15H2,1-2H3,(H,16,17)/t10-/m0/s1. The van der Waals surface area contributed by atoms with Crippen molar-refractivity contribution in [2.75, 3.05) is 12.3 Å². The van der Waals surface area contributed by atoms with Gasteiger partial charge in [0.15, 0.2) is 0 Å². The van der Waals surface area contributed by atoms with Crippen LogP contribution in [0, 0.1) is 5.41 Å². The topological polar surface area (TPSA) is 64.3 Å². The Morgan fingerprint density at radius 3 is 2.78 bits per heavy atom. The molecule has 1 aliphatic heterocycles. The molecule has 1 heterocycles. The first-order chi connectivity index (χ1) is 8.31.